The van der Waals surface area contributed by atoms with Crippen LogP contribution in [0.4, 0.5) is 5.69 Å². The highest BCUT2D eigenvalue weighted by Gasteiger charge is 2.10. The molecule has 2 rings (SSSR count). The number of carbonyl (C=O) groups excluding carboxylic acids is 1. The van der Waals surface area contributed by atoms with E-state index in [0.29, 0.717) is 11.4 Å². The Labute approximate surface area is 116 Å². The average Bonchev–Trinajstić information content (AvgIpc) is 2.92. The van der Waals surface area contributed by atoms with Crippen molar-refractivity contribution in [1.82, 2.24) is 5.32 Å². The SMILES string of the molecule is CC(NC(=O)COc1ccc(N)cc1)c1ccsc1. The third kappa shape index (κ3) is 3.99. The quantitative estimate of drug-likeness (QED) is 0.825. The summed E-state index contributed by atoms with van der Waals surface area (Å²) < 4.78 is 5.38. The maximum Gasteiger partial charge on any atom is 0.258 e. The van der Waals surface area contributed by atoms with Gasteiger partial charge in [-0.15, -0.1) is 0 Å². The number of hydrogen-bond acceptors (Lipinski definition) is 4. The second-order valence-electron chi connectivity index (χ2n) is 4.20. The summed E-state index contributed by atoms with van der Waals surface area (Å²) in [4.78, 5) is 11.7. The topological polar surface area (TPSA) is 64.3 Å². The van der Waals surface area contributed by atoms with Crippen LogP contribution in [0.1, 0.15) is 18.5 Å². The zero-order chi connectivity index (χ0) is 13.7. The molecule has 4 nitrogen and oxygen atoms in total. The predicted octanol–water partition coefficient (Wildman–Crippen LogP) is 2.59. The minimum atomic E-state index is -0.143. The molecule has 3 N–H and O–H groups in total. The fourth-order valence-electron chi connectivity index (χ4n) is 1.60. The van der Waals surface area contributed by atoms with E-state index in [2.05, 4.69) is 5.32 Å². The molecular weight excluding hydrogens is 260 g/mol. The molecule has 19 heavy (non-hydrogen) atoms. The van der Waals surface area contributed by atoms with Crippen LogP contribution in [0.25, 0.3) is 0 Å². The molecule has 0 aliphatic rings. The van der Waals surface area contributed by atoms with Gasteiger partial charge in [0.25, 0.3) is 5.91 Å². The van der Waals surface area contributed by atoms with Crippen LogP contribution in [-0.4, -0.2) is 12.5 Å². The van der Waals surface area contributed by atoms with Gasteiger partial charge >= 0.3 is 0 Å². The van der Waals surface area contributed by atoms with Gasteiger partial charge in [-0.3, -0.25) is 4.79 Å². The highest BCUT2D eigenvalue weighted by molar-refractivity contribution is 7.07. The molecule has 1 aromatic heterocycles. The normalized spacial score (nSPS) is 11.8. The van der Waals surface area contributed by atoms with Crippen molar-refractivity contribution in [2.75, 3.05) is 12.3 Å². The molecule has 1 unspecified atom stereocenters. The molecule has 5 heteroatoms. The van der Waals surface area contributed by atoms with Crippen molar-refractivity contribution in [2.45, 2.75) is 13.0 Å². The van der Waals surface area contributed by atoms with Gasteiger partial charge in [0.2, 0.25) is 0 Å². The Bertz CT molecular complexity index is 523. The smallest absolute Gasteiger partial charge is 0.258 e. The van der Waals surface area contributed by atoms with Crippen molar-refractivity contribution < 1.29 is 9.53 Å². The van der Waals surface area contributed by atoms with Gasteiger partial charge in [0.05, 0.1) is 6.04 Å². The van der Waals surface area contributed by atoms with Crippen LogP contribution in [-0.2, 0) is 4.79 Å². The zero-order valence-electron chi connectivity index (χ0n) is 10.6. The van der Waals surface area contributed by atoms with E-state index >= 15 is 0 Å². The van der Waals surface area contributed by atoms with Gasteiger partial charge in [0.15, 0.2) is 6.61 Å². The summed E-state index contributed by atoms with van der Waals surface area (Å²) in [6, 6.07) is 8.95. The van der Waals surface area contributed by atoms with Gasteiger partial charge < -0.3 is 15.8 Å². The molecule has 0 saturated heterocycles. The summed E-state index contributed by atoms with van der Waals surface area (Å²) in [5, 5.41) is 6.89. The van der Waals surface area contributed by atoms with E-state index in [1.807, 2.05) is 23.8 Å². The lowest BCUT2D eigenvalue weighted by Crippen LogP contribution is -2.31. The van der Waals surface area contributed by atoms with E-state index < -0.39 is 0 Å². The number of amides is 1. The van der Waals surface area contributed by atoms with Crippen molar-refractivity contribution in [3.8, 4) is 5.75 Å². The van der Waals surface area contributed by atoms with E-state index in [1.165, 1.54) is 0 Å². The maximum absolute atomic E-state index is 11.7. The van der Waals surface area contributed by atoms with Crippen molar-refractivity contribution in [2.24, 2.45) is 0 Å². The largest absolute Gasteiger partial charge is 0.484 e. The van der Waals surface area contributed by atoms with Crippen LogP contribution < -0.4 is 15.8 Å². The number of nitrogens with two attached hydrogens (primary N) is 1. The Morgan fingerprint density at radius 1 is 1.37 bits per heavy atom. The number of benzene rings is 1. The molecule has 1 aromatic carbocycles. The van der Waals surface area contributed by atoms with Crippen LogP contribution >= 0.6 is 11.3 Å². The standard InChI is InChI=1S/C14H16N2O2S/c1-10(11-6-7-19-9-11)16-14(17)8-18-13-4-2-12(15)3-5-13/h2-7,9-10H,8,15H2,1H3,(H,16,17). The third-order valence-corrected chi connectivity index (χ3v) is 3.37. The molecule has 0 spiro atoms. The second kappa shape index (κ2) is 6.24. The van der Waals surface area contributed by atoms with Gasteiger partial charge in [-0.2, -0.15) is 11.3 Å². The molecule has 1 amide bonds. The van der Waals surface area contributed by atoms with Gasteiger partial charge in [-0.05, 0) is 53.6 Å². The van der Waals surface area contributed by atoms with Gasteiger partial charge in [-0.1, -0.05) is 0 Å². The van der Waals surface area contributed by atoms with E-state index in [1.54, 1.807) is 35.6 Å². The third-order valence-electron chi connectivity index (χ3n) is 2.67. The fourth-order valence-corrected chi connectivity index (χ4v) is 2.35. The van der Waals surface area contributed by atoms with E-state index in [0.717, 1.165) is 5.56 Å². The number of ether oxygens (including phenoxy) is 1. The highest BCUT2D eigenvalue weighted by atomic mass is 32.1. The first-order valence-corrected chi connectivity index (χ1v) is 6.89. The Morgan fingerprint density at radius 2 is 2.11 bits per heavy atom. The number of nitrogens with one attached hydrogen (secondary N) is 1. The molecule has 0 aliphatic heterocycles. The number of nitrogen functional groups attached to an aromatic ring is 1. The predicted molar refractivity (Wildman–Crippen MR) is 77.2 cm³/mol. The molecular formula is C14H16N2O2S. The first-order valence-electron chi connectivity index (χ1n) is 5.95. The molecule has 2 aromatic rings. The van der Waals surface area contributed by atoms with Crippen LogP contribution in [0.2, 0.25) is 0 Å². The number of carbonyl (C=O) groups is 1. The maximum atomic E-state index is 11.7. The van der Waals surface area contributed by atoms with Crippen LogP contribution in [0.15, 0.2) is 41.1 Å². The summed E-state index contributed by atoms with van der Waals surface area (Å²) in [5.74, 6) is 0.489. The highest BCUT2D eigenvalue weighted by Crippen LogP contribution is 2.16. The Kier molecular flexibility index (Phi) is 4.41. The van der Waals surface area contributed by atoms with Crippen molar-refractivity contribution in [3.05, 3.63) is 46.7 Å². The van der Waals surface area contributed by atoms with Gasteiger partial charge in [-0.25, -0.2) is 0 Å². The second-order valence-corrected chi connectivity index (χ2v) is 4.98. The van der Waals surface area contributed by atoms with E-state index in [4.69, 9.17) is 10.5 Å². The molecule has 1 heterocycles. The summed E-state index contributed by atoms with van der Waals surface area (Å²) in [6.07, 6.45) is 0. The molecule has 0 saturated carbocycles. The minimum Gasteiger partial charge on any atom is -0.484 e. The Balaban J connectivity index is 1.80. The number of rotatable bonds is 5. The van der Waals surface area contributed by atoms with E-state index in [-0.39, 0.29) is 18.6 Å². The molecule has 0 radical (unpaired) electrons. The summed E-state index contributed by atoms with van der Waals surface area (Å²) >= 11 is 1.61. The van der Waals surface area contributed by atoms with Crippen molar-refractivity contribution >= 4 is 22.9 Å². The van der Waals surface area contributed by atoms with Crippen molar-refractivity contribution in [1.29, 1.82) is 0 Å². The average molecular weight is 276 g/mol. The zero-order valence-corrected chi connectivity index (χ0v) is 11.4. The lowest BCUT2D eigenvalue weighted by atomic mass is 10.2. The molecule has 0 aliphatic carbocycles. The lowest BCUT2D eigenvalue weighted by molar-refractivity contribution is -0.123. The number of hydrogen-bond donors (Lipinski definition) is 2. The van der Waals surface area contributed by atoms with E-state index in [9.17, 15) is 4.79 Å². The number of thiophene rings is 1. The van der Waals surface area contributed by atoms with Crippen LogP contribution in [0.5, 0.6) is 5.75 Å². The summed E-state index contributed by atoms with van der Waals surface area (Å²) in [5.41, 5.74) is 7.34. The van der Waals surface area contributed by atoms with Crippen LogP contribution in [0, 0.1) is 0 Å². The van der Waals surface area contributed by atoms with Crippen LogP contribution in [0.3, 0.4) is 0 Å². The summed E-state index contributed by atoms with van der Waals surface area (Å²) in [7, 11) is 0. The Morgan fingerprint density at radius 3 is 2.74 bits per heavy atom. The summed E-state index contributed by atoms with van der Waals surface area (Å²) in [6.45, 7) is 1.95. The first-order chi connectivity index (χ1) is 9.15. The lowest BCUT2D eigenvalue weighted by Gasteiger charge is -2.13. The fraction of sp³-hybridized carbons (Fsp3) is 0.214. The minimum absolute atomic E-state index is 0.00159. The molecule has 0 bridgehead atoms. The van der Waals surface area contributed by atoms with Gasteiger partial charge in [0.1, 0.15) is 5.75 Å². The Hall–Kier alpha value is -2.01. The molecule has 100 valence electrons. The van der Waals surface area contributed by atoms with Gasteiger partial charge in [0, 0.05) is 5.69 Å². The number of anilines is 1. The molecule has 1 atom stereocenters. The van der Waals surface area contributed by atoms with Crippen molar-refractivity contribution in [3.63, 3.8) is 0 Å². The first kappa shape index (κ1) is 13.4. The monoisotopic (exact) mass is 276 g/mol. The molecule has 0 fully saturated rings.